The molecule has 0 radical (unpaired) electrons. The van der Waals surface area contributed by atoms with E-state index in [-0.39, 0.29) is 24.3 Å². The first-order chi connectivity index (χ1) is 11.8. The maximum atomic E-state index is 13.3. The topological polar surface area (TPSA) is 35.5 Å². The summed E-state index contributed by atoms with van der Waals surface area (Å²) in [6.45, 7) is 3.22. The monoisotopic (exact) mass is 352 g/mol. The zero-order valence-corrected chi connectivity index (χ0v) is 14.0. The first-order valence-electron chi connectivity index (χ1n) is 7.96. The number of carbonyl (C=O) groups is 1. The standard InChI is InChI=1S/C19H19F3O3/c1-3-13-8-10-14(11-9-13)24-12-15-16(19(20,21)22)6-5-7-17(15)25-18(23)4-2/h5-11H,3-4,12H2,1-2H3. The quantitative estimate of drug-likeness (QED) is 0.532. The van der Waals surface area contributed by atoms with Crippen molar-refractivity contribution in [1.29, 1.82) is 0 Å². The molecule has 6 heteroatoms. The third-order valence-corrected chi connectivity index (χ3v) is 3.67. The van der Waals surface area contributed by atoms with E-state index in [9.17, 15) is 18.0 Å². The van der Waals surface area contributed by atoms with Crippen LogP contribution in [-0.2, 0) is 24.0 Å². The third-order valence-electron chi connectivity index (χ3n) is 3.67. The van der Waals surface area contributed by atoms with Crippen LogP contribution in [0.4, 0.5) is 13.2 Å². The molecular weight excluding hydrogens is 333 g/mol. The normalized spacial score (nSPS) is 11.2. The van der Waals surface area contributed by atoms with Crippen molar-refractivity contribution < 1.29 is 27.4 Å². The second-order valence-electron chi connectivity index (χ2n) is 5.39. The Labute approximate surface area is 144 Å². The molecule has 0 saturated heterocycles. The van der Waals surface area contributed by atoms with Gasteiger partial charge in [0.25, 0.3) is 0 Å². The van der Waals surface area contributed by atoms with Crippen molar-refractivity contribution in [3.05, 3.63) is 59.2 Å². The average Bonchev–Trinajstić information content (AvgIpc) is 2.60. The van der Waals surface area contributed by atoms with Crippen LogP contribution in [0.15, 0.2) is 42.5 Å². The second kappa shape index (κ2) is 8.05. The van der Waals surface area contributed by atoms with Crippen LogP contribution in [0, 0.1) is 0 Å². The van der Waals surface area contributed by atoms with E-state index in [0.717, 1.165) is 18.1 Å². The highest BCUT2D eigenvalue weighted by molar-refractivity contribution is 5.72. The van der Waals surface area contributed by atoms with Crippen LogP contribution in [0.25, 0.3) is 0 Å². The van der Waals surface area contributed by atoms with E-state index < -0.39 is 17.7 Å². The molecule has 0 heterocycles. The fourth-order valence-corrected chi connectivity index (χ4v) is 2.25. The molecule has 0 spiro atoms. The smallest absolute Gasteiger partial charge is 0.416 e. The molecule has 0 aliphatic carbocycles. The zero-order valence-electron chi connectivity index (χ0n) is 14.0. The van der Waals surface area contributed by atoms with Gasteiger partial charge < -0.3 is 9.47 Å². The van der Waals surface area contributed by atoms with Gasteiger partial charge in [-0.15, -0.1) is 0 Å². The summed E-state index contributed by atoms with van der Waals surface area (Å²) in [5.41, 5.74) is 0.0241. The lowest BCUT2D eigenvalue weighted by atomic mass is 10.1. The van der Waals surface area contributed by atoms with Crippen LogP contribution in [0.1, 0.15) is 37.0 Å². The molecule has 134 valence electrons. The van der Waals surface area contributed by atoms with Gasteiger partial charge in [-0.25, -0.2) is 0 Å². The molecule has 0 unspecified atom stereocenters. The van der Waals surface area contributed by atoms with E-state index in [1.165, 1.54) is 12.1 Å². The fourth-order valence-electron chi connectivity index (χ4n) is 2.25. The van der Waals surface area contributed by atoms with Gasteiger partial charge in [0.05, 0.1) is 5.56 Å². The van der Waals surface area contributed by atoms with E-state index in [2.05, 4.69) is 0 Å². The molecule has 3 nitrogen and oxygen atoms in total. The molecule has 2 rings (SSSR count). The van der Waals surface area contributed by atoms with Crippen molar-refractivity contribution in [2.75, 3.05) is 0 Å². The molecule has 0 aliphatic heterocycles. The van der Waals surface area contributed by atoms with Crippen LogP contribution < -0.4 is 9.47 Å². The number of rotatable bonds is 6. The van der Waals surface area contributed by atoms with E-state index in [4.69, 9.17) is 9.47 Å². The zero-order chi connectivity index (χ0) is 18.4. The van der Waals surface area contributed by atoms with Crippen LogP contribution in [0.5, 0.6) is 11.5 Å². The highest BCUT2D eigenvalue weighted by Crippen LogP contribution is 2.36. The predicted molar refractivity (Wildman–Crippen MR) is 87.5 cm³/mol. The van der Waals surface area contributed by atoms with Crippen molar-refractivity contribution in [3.8, 4) is 11.5 Å². The van der Waals surface area contributed by atoms with Gasteiger partial charge >= 0.3 is 12.1 Å². The van der Waals surface area contributed by atoms with E-state index in [0.29, 0.717) is 5.75 Å². The highest BCUT2D eigenvalue weighted by atomic mass is 19.4. The number of esters is 1. The van der Waals surface area contributed by atoms with Crippen molar-refractivity contribution in [3.63, 3.8) is 0 Å². The lowest BCUT2D eigenvalue weighted by Gasteiger charge is -2.17. The second-order valence-corrected chi connectivity index (χ2v) is 5.39. The SMILES string of the molecule is CCC(=O)Oc1cccc(C(F)(F)F)c1COc1ccc(CC)cc1. The number of carbonyl (C=O) groups excluding carboxylic acids is 1. The van der Waals surface area contributed by atoms with Crippen molar-refractivity contribution in [2.24, 2.45) is 0 Å². The molecule has 0 fully saturated rings. The maximum Gasteiger partial charge on any atom is 0.416 e. The summed E-state index contributed by atoms with van der Waals surface area (Å²) in [5.74, 6) is -0.290. The minimum atomic E-state index is -4.57. The third kappa shape index (κ3) is 4.98. The van der Waals surface area contributed by atoms with Gasteiger partial charge in [-0.05, 0) is 36.2 Å². The summed E-state index contributed by atoms with van der Waals surface area (Å²) in [7, 11) is 0. The molecule has 25 heavy (non-hydrogen) atoms. The van der Waals surface area contributed by atoms with Crippen LogP contribution in [-0.4, -0.2) is 5.97 Å². The van der Waals surface area contributed by atoms with Gasteiger partial charge in [0.15, 0.2) is 0 Å². The van der Waals surface area contributed by atoms with Crippen LogP contribution in [0.3, 0.4) is 0 Å². The van der Waals surface area contributed by atoms with E-state index >= 15 is 0 Å². The number of aryl methyl sites for hydroxylation is 1. The lowest BCUT2D eigenvalue weighted by molar-refractivity contribution is -0.140. The fraction of sp³-hybridized carbons (Fsp3) is 0.316. The number of hydrogen-bond donors (Lipinski definition) is 0. The van der Waals surface area contributed by atoms with Gasteiger partial charge in [0.2, 0.25) is 0 Å². The summed E-state index contributed by atoms with van der Waals surface area (Å²) in [5, 5.41) is 0. The number of alkyl halides is 3. The van der Waals surface area contributed by atoms with Gasteiger partial charge in [-0.3, -0.25) is 4.79 Å². The number of benzene rings is 2. The Morgan fingerprint density at radius 3 is 2.28 bits per heavy atom. The molecule has 2 aromatic carbocycles. The van der Waals surface area contributed by atoms with Gasteiger partial charge in [0, 0.05) is 12.0 Å². The maximum absolute atomic E-state index is 13.3. The molecule has 0 saturated carbocycles. The molecule has 2 aromatic rings. The molecule has 0 atom stereocenters. The summed E-state index contributed by atoms with van der Waals surface area (Å²) < 4.78 is 50.4. The molecule has 0 amide bonds. The molecule has 0 aliphatic rings. The van der Waals surface area contributed by atoms with Crippen LogP contribution in [0.2, 0.25) is 0 Å². The summed E-state index contributed by atoms with van der Waals surface area (Å²) in [6, 6.07) is 10.6. The van der Waals surface area contributed by atoms with E-state index in [1.54, 1.807) is 19.1 Å². The van der Waals surface area contributed by atoms with Gasteiger partial charge in [0.1, 0.15) is 18.1 Å². The van der Waals surface area contributed by atoms with Gasteiger partial charge in [-0.1, -0.05) is 32.0 Å². The van der Waals surface area contributed by atoms with Crippen LogP contribution >= 0.6 is 0 Å². The van der Waals surface area contributed by atoms with Gasteiger partial charge in [-0.2, -0.15) is 13.2 Å². The largest absolute Gasteiger partial charge is 0.489 e. The molecule has 0 N–H and O–H groups in total. The first-order valence-corrected chi connectivity index (χ1v) is 7.96. The number of halogens is 3. The lowest BCUT2D eigenvalue weighted by Crippen LogP contribution is -2.15. The van der Waals surface area contributed by atoms with Crippen molar-refractivity contribution in [2.45, 2.75) is 39.5 Å². The Morgan fingerprint density at radius 2 is 1.72 bits per heavy atom. The average molecular weight is 352 g/mol. The van der Waals surface area contributed by atoms with Crippen molar-refractivity contribution in [1.82, 2.24) is 0 Å². The Bertz CT molecular complexity index is 722. The Hall–Kier alpha value is -2.50. The Balaban J connectivity index is 2.30. The molecular formula is C19H19F3O3. The highest BCUT2D eigenvalue weighted by Gasteiger charge is 2.35. The molecule has 0 bridgehead atoms. The van der Waals surface area contributed by atoms with Crippen molar-refractivity contribution >= 4 is 5.97 Å². The minimum absolute atomic E-state index is 0.0645. The number of ether oxygens (including phenoxy) is 2. The summed E-state index contributed by atoms with van der Waals surface area (Å²) in [6.07, 6.45) is -3.65. The summed E-state index contributed by atoms with van der Waals surface area (Å²) in [4.78, 5) is 11.5. The Kier molecular flexibility index (Phi) is 6.07. The Morgan fingerprint density at radius 1 is 1.04 bits per heavy atom. The predicted octanol–water partition coefficient (Wildman–Crippen LogP) is 5.16. The summed E-state index contributed by atoms with van der Waals surface area (Å²) >= 11 is 0. The van der Waals surface area contributed by atoms with E-state index in [1.807, 2.05) is 19.1 Å². The first kappa shape index (κ1) is 18.8. The molecule has 0 aromatic heterocycles. The minimum Gasteiger partial charge on any atom is -0.489 e. The number of hydrogen-bond acceptors (Lipinski definition) is 3.